The van der Waals surface area contributed by atoms with Gasteiger partial charge in [0.15, 0.2) is 5.69 Å². The molecule has 18 heteroatoms. The number of carbonyl (C=O) groups excluding carboxylic acids is 2. The van der Waals surface area contributed by atoms with Crippen LogP contribution in [0.3, 0.4) is 0 Å². The molecule has 0 radical (unpaired) electrons. The van der Waals surface area contributed by atoms with Gasteiger partial charge in [0.1, 0.15) is 18.1 Å². The first kappa shape index (κ1) is 48.5. The number of hydrogen-bond donors (Lipinski definition) is 3. The summed E-state index contributed by atoms with van der Waals surface area (Å²) in [5.41, 5.74) is 9.92. The quantitative estimate of drug-likeness (QED) is 0.0619. The van der Waals surface area contributed by atoms with E-state index in [1.54, 1.807) is 54.1 Å². The summed E-state index contributed by atoms with van der Waals surface area (Å²) in [7, 11) is 3.34. The molecule has 0 saturated carbocycles. The van der Waals surface area contributed by atoms with E-state index in [1.165, 1.54) is 0 Å². The highest BCUT2D eigenvalue weighted by atomic mass is 35.5. The highest BCUT2D eigenvalue weighted by Gasteiger charge is 2.35. The molecule has 5 rings (SSSR count). The fourth-order valence-electron chi connectivity index (χ4n) is 6.19. The third-order valence-electron chi connectivity index (χ3n) is 9.63. The lowest BCUT2D eigenvalue weighted by molar-refractivity contribution is -0.0161. The fraction of sp³-hybridized carbons (Fsp3) is 0.477. The van der Waals surface area contributed by atoms with Crippen LogP contribution in [0.15, 0.2) is 54.6 Å². The molecular weight excluding hydrogens is 843 g/mol. The van der Waals surface area contributed by atoms with Crippen LogP contribution in [0.2, 0.25) is 10.0 Å². The van der Waals surface area contributed by atoms with Gasteiger partial charge in [-0.05, 0) is 62.7 Å². The van der Waals surface area contributed by atoms with Crippen LogP contribution in [0, 0.1) is 0 Å². The molecule has 62 heavy (non-hydrogen) atoms. The van der Waals surface area contributed by atoms with Gasteiger partial charge in [-0.2, -0.15) is 5.10 Å². The summed E-state index contributed by atoms with van der Waals surface area (Å²) in [6.45, 7) is 12.3. The van der Waals surface area contributed by atoms with Crippen LogP contribution in [0.5, 0.6) is 11.5 Å². The van der Waals surface area contributed by atoms with E-state index in [-0.39, 0.29) is 24.2 Å². The summed E-state index contributed by atoms with van der Waals surface area (Å²) in [5.74, 6) is 0.887. The molecule has 1 aliphatic heterocycles. The topological polar surface area (TPSA) is 179 Å². The summed E-state index contributed by atoms with van der Waals surface area (Å²) in [6.07, 6.45) is 0. The predicted octanol–water partition coefficient (Wildman–Crippen LogP) is 6.46. The average Bonchev–Trinajstić information content (AvgIpc) is 3.64. The first-order valence-corrected chi connectivity index (χ1v) is 21.2. The van der Waals surface area contributed by atoms with Crippen molar-refractivity contribution in [1.82, 2.24) is 20.0 Å². The molecule has 3 amide bonds. The second-order valence-electron chi connectivity index (χ2n) is 15.0. The maximum atomic E-state index is 13.9. The first-order chi connectivity index (χ1) is 29.9. The Morgan fingerprint density at radius 2 is 1.34 bits per heavy atom. The van der Waals surface area contributed by atoms with Crippen molar-refractivity contribution in [3.05, 3.63) is 75.9 Å². The number of ether oxygens (including phenoxy) is 8. The number of rotatable bonds is 25. The molecular formula is C44H58Cl2N6O10. The molecule has 1 aromatic heterocycles. The number of nitrogens with zero attached hydrogens (tertiary/aromatic N) is 3. The highest BCUT2D eigenvalue weighted by molar-refractivity contribution is 6.34. The monoisotopic (exact) mass is 900 g/mol. The highest BCUT2D eigenvalue weighted by Crippen LogP contribution is 2.46. The van der Waals surface area contributed by atoms with Crippen molar-refractivity contribution in [3.63, 3.8) is 0 Å². The number of hydrogen-bond acceptors (Lipinski definition) is 12. The lowest BCUT2D eigenvalue weighted by atomic mass is 9.95. The predicted molar refractivity (Wildman–Crippen MR) is 238 cm³/mol. The maximum absolute atomic E-state index is 13.9. The van der Waals surface area contributed by atoms with Crippen LogP contribution in [0.25, 0.3) is 28.1 Å². The molecule has 0 fully saturated rings. The van der Waals surface area contributed by atoms with E-state index in [2.05, 4.69) is 10.6 Å². The van der Waals surface area contributed by atoms with E-state index < -0.39 is 5.54 Å². The number of amides is 3. The maximum Gasteiger partial charge on any atom is 0.319 e. The minimum atomic E-state index is -0.458. The second-order valence-corrected chi connectivity index (χ2v) is 15.9. The van der Waals surface area contributed by atoms with Gasteiger partial charge in [0.05, 0.1) is 97.8 Å². The van der Waals surface area contributed by atoms with E-state index in [1.807, 2.05) is 45.0 Å². The van der Waals surface area contributed by atoms with Crippen LogP contribution in [-0.2, 0) is 35.0 Å². The van der Waals surface area contributed by atoms with Crippen molar-refractivity contribution < 1.29 is 47.5 Å². The number of halogens is 2. The van der Waals surface area contributed by atoms with Crippen LogP contribution in [0.4, 0.5) is 10.5 Å². The lowest BCUT2D eigenvalue weighted by Gasteiger charge is -2.31. The number of nitrogens with one attached hydrogen (secondary N) is 2. The van der Waals surface area contributed by atoms with E-state index >= 15 is 0 Å². The number of carbonyl (C=O) groups is 2. The van der Waals surface area contributed by atoms with Crippen molar-refractivity contribution >= 4 is 40.8 Å². The van der Waals surface area contributed by atoms with Crippen LogP contribution < -0.4 is 25.8 Å². The van der Waals surface area contributed by atoms with Gasteiger partial charge in [0.2, 0.25) is 0 Å². The number of nitrogens with two attached hydrogens (primary N) is 1. The summed E-state index contributed by atoms with van der Waals surface area (Å²) in [5, 5.41) is 11.4. The first-order valence-electron chi connectivity index (χ1n) is 20.4. The molecule has 4 N–H and O–H groups in total. The zero-order chi connectivity index (χ0) is 44.5. The summed E-state index contributed by atoms with van der Waals surface area (Å²) < 4.78 is 46.4. The van der Waals surface area contributed by atoms with Gasteiger partial charge in [-0.15, -0.1) is 0 Å². The summed E-state index contributed by atoms with van der Waals surface area (Å²) in [4.78, 5) is 28.2. The third kappa shape index (κ3) is 14.0. The zero-order valence-corrected chi connectivity index (χ0v) is 37.6. The Labute approximate surface area is 373 Å². The van der Waals surface area contributed by atoms with Gasteiger partial charge >= 0.3 is 6.03 Å². The van der Waals surface area contributed by atoms with Crippen LogP contribution >= 0.6 is 23.2 Å². The minimum Gasteiger partial charge on any atom is -0.496 e. The Hall–Kier alpha value is -4.49. The van der Waals surface area contributed by atoms with E-state index in [9.17, 15) is 9.59 Å². The van der Waals surface area contributed by atoms with Crippen molar-refractivity contribution in [1.29, 1.82) is 0 Å². The van der Waals surface area contributed by atoms with Crippen molar-refractivity contribution in [2.75, 3.05) is 112 Å². The SMILES string of the molecule is COc1cc2c(cc1-c1ccc(NC(=O)NCCOCCOCCOCCOCCOCCOCCN)cc1)-c1c(c(C(=O)N(C)C(C)(C)C)nn1-c1cc(Cl)cc(Cl)c1)CO2. The van der Waals surface area contributed by atoms with Gasteiger partial charge in [-0.3, -0.25) is 4.79 Å². The Bertz CT molecular complexity index is 2040. The van der Waals surface area contributed by atoms with Crippen LogP contribution in [-0.4, -0.2) is 139 Å². The van der Waals surface area contributed by atoms with E-state index in [0.717, 1.165) is 11.1 Å². The van der Waals surface area contributed by atoms with E-state index in [4.69, 9.17) is 71.9 Å². The number of anilines is 1. The fourth-order valence-corrected chi connectivity index (χ4v) is 6.70. The zero-order valence-electron chi connectivity index (χ0n) is 36.1. The molecule has 16 nitrogen and oxygen atoms in total. The standard InChI is InChI=1S/C44H58Cl2N6O10/c1-44(2,3)51(4)42(53)40-37-29-62-39-28-38(55-5)35(27-36(39)41(37)52(50-40)34-25-31(45)24-32(46)26-34)30-6-8-33(9-7-30)49-43(54)48-11-13-57-15-17-59-19-21-61-23-22-60-20-18-58-16-14-56-12-10-47/h6-9,24-28H,10-23,29,47H2,1-5H3,(H2,48,49,54). The van der Waals surface area contributed by atoms with Crippen molar-refractivity contribution in [2.45, 2.75) is 32.9 Å². The number of benzene rings is 3. The smallest absolute Gasteiger partial charge is 0.319 e. The Kier molecular flexibility index (Phi) is 19.1. The van der Waals surface area contributed by atoms with Gasteiger partial charge in [0.25, 0.3) is 5.91 Å². The Morgan fingerprint density at radius 1 is 0.790 bits per heavy atom. The summed E-state index contributed by atoms with van der Waals surface area (Å²) >= 11 is 12.9. The molecule has 0 atom stereocenters. The molecule has 4 aromatic rings. The number of methoxy groups -OCH3 is 1. The van der Waals surface area contributed by atoms with Crippen LogP contribution in [0.1, 0.15) is 36.8 Å². The number of urea groups is 1. The molecule has 0 bridgehead atoms. The molecule has 3 aromatic carbocycles. The van der Waals surface area contributed by atoms with Crippen molar-refractivity contribution in [2.24, 2.45) is 5.73 Å². The molecule has 2 heterocycles. The molecule has 338 valence electrons. The van der Waals surface area contributed by atoms with Gasteiger partial charge in [0, 0.05) is 64.2 Å². The van der Waals surface area contributed by atoms with E-state index in [0.29, 0.717) is 142 Å². The number of aromatic nitrogens is 2. The minimum absolute atomic E-state index is 0.112. The van der Waals surface area contributed by atoms with Gasteiger partial charge in [-0.1, -0.05) is 35.3 Å². The van der Waals surface area contributed by atoms with Gasteiger partial charge in [-0.25, -0.2) is 9.48 Å². The van der Waals surface area contributed by atoms with Gasteiger partial charge < -0.3 is 59.2 Å². The third-order valence-corrected chi connectivity index (χ3v) is 10.1. The molecule has 0 saturated heterocycles. The normalized spacial score (nSPS) is 12.1. The lowest BCUT2D eigenvalue weighted by Crippen LogP contribution is -2.43. The second kappa shape index (κ2) is 24.4. The molecule has 0 aliphatic carbocycles. The molecule has 0 spiro atoms. The Balaban J connectivity index is 1.10. The average molecular weight is 902 g/mol. The summed E-state index contributed by atoms with van der Waals surface area (Å²) in [6, 6.07) is 15.9. The number of fused-ring (bicyclic) bond motifs is 3. The Morgan fingerprint density at radius 3 is 1.87 bits per heavy atom. The largest absolute Gasteiger partial charge is 0.496 e. The molecule has 1 aliphatic rings. The van der Waals surface area contributed by atoms with Crippen molar-refractivity contribution in [3.8, 4) is 39.6 Å². The molecule has 0 unspecified atom stereocenters.